The lowest BCUT2D eigenvalue weighted by atomic mass is 10.1. The predicted octanol–water partition coefficient (Wildman–Crippen LogP) is 3.89. The van der Waals surface area contributed by atoms with E-state index in [2.05, 4.69) is 17.1 Å². The number of rotatable bonds is 5. The Balaban J connectivity index is 1.72. The van der Waals surface area contributed by atoms with E-state index in [4.69, 9.17) is 16.6 Å². The molecule has 0 atom stereocenters. The lowest BCUT2D eigenvalue weighted by Crippen LogP contribution is -2.39. The van der Waals surface area contributed by atoms with Gasteiger partial charge < -0.3 is 5.32 Å². The number of carbonyl (C=O) groups excluding carboxylic acids is 1. The summed E-state index contributed by atoms with van der Waals surface area (Å²) in [6.45, 7) is 6.17. The molecule has 0 fully saturated rings. The fourth-order valence-corrected chi connectivity index (χ4v) is 4.13. The smallest absolute Gasteiger partial charge is 0.259 e. The Hall–Kier alpha value is -2.96. The van der Waals surface area contributed by atoms with Crippen LogP contribution in [0.5, 0.6) is 0 Å². The Morgan fingerprint density at radius 1 is 1.19 bits per heavy atom. The molecule has 0 aliphatic carbocycles. The van der Waals surface area contributed by atoms with Crippen LogP contribution in [0.15, 0.2) is 53.3 Å². The molecule has 2 heterocycles. The molecular formula is C24H25ClN4O2. The van der Waals surface area contributed by atoms with Gasteiger partial charge >= 0.3 is 0 Å². The van der Waals surface area contributed by atoms with Gasteiger partial charge in [-0.05, 0) is 31.2 Å². The number of carbonyl (C=O) groups is 1. The number of benzene rings is 2. The second-order valence-electron chi connectivity index (χ2n) is 7.77. The molecule has 1 aromatic heterocycles. The van der Waals surface area contributed by atoms with Gasteiger partial charge in [-0.1, -0.05) is 54.9 Å². The van der Waals surface area contributed by atoms with Crippen LogP contribution in [-0.2, 0) is 24.3 Å². The summed E-state index contributed by atoms with van der Waals surface area (Å²) in [4.78, 5) is 33.4. The summed E-state index contributed by atoms with van der Waals surface area (Å²) in [5.74, 6) is 0.189. The van der Waals surface area contributed by atoms with E-state index >= 15 is 0 Å². The summed E-state index contributed by atoms with van der Waals surface area (Å²) in [6.07, 6.45) is 0.726. The number of hydrogen-bond donors (Lipinski definition) is 1. The van der Waals surface area contributed by atoms with Crippen molar-refractivity contribution in [1.82, 2.24) is 14.5 Å². The molecule has 0 saturated carbocycles. The highest BCUT2D eigenvalue weighted by Crippen LogP contribution is 2.24. The van der Waals surface area contributed by atoms with Gasteiger partial charge in [0.15, 0.2) is 0 Å². The van der Waals surface area contributed by atoms with Gasteiger partial charge in [0.05, 0.1) is 22.0 Å². The van der Waals surface area contributed by atoms with Crippen LogP contribution in [0.4, 0.5) is 5.69 Å². The number of aromatic nitrogens is 2. The molecule has 0 saturated heterocycles. The third-order valence-electron chi connectivity index (χ3n) is 5.57. The van der Waals surface area contributed by atoms with Crippen molar-refractivity contribution in [3.8, 4) is 11.4 Å². The average molecular weight is 437 g/mol. The minimum atomic E-state index is -0.324. The molecule has 4 rings (SSSR count). The van der Waals surface area contributed by atoms with Gasteiger partial charge in [0.2, 0.25) is 5.91 Å². The fraction of sp³-hybridized carbons (Fsp3) is 0.292. The highest BCUT2D eigenvalue weighted by Gasteiger charge is 2.24. The molecule has 1 aliphatic heterocycles. The zero-order valence-corrected chi connectivity index (χ0v) is 18.4. The van der Waals surface area contributed by atoms with Crippen molar-refractivity contribution >= 4 is 23.2 Å². The Morgan fingerprint density at radius 3 is 2.68 bits per heavy atom. The highest BCUT2D eigenvalue weighted by molar-refractivity contribution is 6.33. The van der Waals surface area contributed by atoms with E-state index in [1.165, 1.54) is 4.57 Å². The van der Waals surface area contributed by atoms with Crippen LogP contribution in [0.2, 0.25) is 5.02 Å². The van der Waals surface area contributed by atoms with Gasteiger partial charge in [0.1, 0.15) is 12.4 Å². The van der Waals surface area contributed by atoms with E-state index in [0.717, 1.165) is 36.3 Å². The van der Waals surface area contributed by atoms with Crippen molar-refractivity contribution in [3.05, 3.63) is 80.7 Å². The minimum Gasteiger partial charge on any atom is -0.323 e. The number of nitrogens with zero attached hydrogens (tertiary/aromatic N) is 3. The van der Waals surface area contributed by atoms with Crippen molar-refractivity contribution in [1.29, 1.82) is 0 Å². The molecule has 7 heteroatoms. The summed E-state index contributed by atoms with van der Waals surface area (Å²) < 4.78 is 1.48. The van der Waals surface area contributed by atoms with E-state index < -0.39 is 0 Å². The molecule has 160 valence electrons. The van der Waals surface area contributed by atoms with Crippen molar-refractivity contribution in [2.75, 3.05) is 18.4 Å². The number of hydrogen-bond acceptors (Lipinski definition) is 4. The predicted molar refractivity (Wildman–Crippen MR) is 123 cm³/mol. The summed E-state index contributed by atoms with van der Waals surface area (Å²) in [5, 5.41) is 3.29. The molecule has 3 aromatic rings. The van der Waals surface area contributed by atoms with Crippen LogP contribution in [0.3, 0.4) is 0 Å². The van der Waals surface area contributed by atoms with Gasteiger partial charge in [0.25, 0.3) is 5.56 Å². The molecule has 2 aromatic carbocycles. The van der Waals surface area contributed by atoms with Gasteiger partial charge in [-0.25, -0.2) is 4.98 Å². The molecule has 0 unspecified atom stereocenters. The van der Waals surface area contributed by atoms with Crippen LogP contribution < -0.4 is 10.9 Å². The zero-order valence-electron chi connectivity index (χ0n) is 17.7. The largest absolute Gasteiger partial charge is 0.323 e. The van der Waals surface area contributed by atoms with E-state index in [1.54, 1.807) is 12.1 Å². The summed E-state index contributed by atoms with van der Waals surface area (Å²) in [5.41, 5.74) is 3.67. The second kappa shape index (κ2) is 9.04. The number of amides is 1. The molecule has 1 amide bonds. The Bertz CT molecular complexity index is 1170. The monoisotopic (exact) mass is 436 g/mol. The van der Waals surface area contributed by atoms with Gasteiger partial charge in [-0.15, -0.1) is 0 Å². The van der Waals surface area contributed by atoms with Gasteiger partial charge in [0, 0.05) is 25.1 Å². The van der Waals surface area contributed by atoms with E-state index in [1.807, 2.05) is 43.3 Å². The number of fused-ring (bicyclic) bond motifs is 1. The topological polar surface area (TPSA) is 67.2 Å². The number of nitrogens with one attached hydrogen (secondary N) is 1. The van der Waals surface area contributed by atoms with Crippen molar-refractivity contribution in [2.24, 2.45) is 0 Å². The quantitative estimate of drug-likeness (QED) is 0.658. The zero-order chi connectivity index (χ0) is 22.0. The lowest BCUT2D eigenvalue weighted by molar-refractivity contribution is -0.116. The maximum Gasteiger partial charge on any atom is 0.259 e. The van der Waals surface area contributed by atoms with Crippen LogP contribution in [-0.4, -0.2) is 33.4 Å². The molecule has 0 bridgehead atoms. The summed E-state index contributed by atoms with van der Waals surface area (Å²) in [6, 6.07) is 14.9. The van der Waals surface area contributed by atoms with Crippen LogP contribution in [0.1, 0.15) is 23.7 Å². The summed E-state index contributed by atoms with van der Waals surface area (Å²) >= 11 is 6.26. The lowest BCUT2D eigenvalue weighted by Gasteiger charge is -2.27. The highest BCUT2D eigenvalue weighted by atomic mass is 35.5. The molecule has 31 heavy (non-hydrogen) atoms. The first-order chi connectivity index (χ1) is 15.0. The molecule has 0 spiro atoms. The second-order valence-corrected chi connectivity index (χ2v) is 8.18. The summed E-state index contributed by atoms with van der Waals surface area (Å²) in [7, 11) is 0. The van der Waals surface area contributed by atoms with E-state index in [0.29, 0.717) is 28.6 Å². The number of aryl methyl sites for hydroxylation is 1. The third-order valence-corrected chi connectivity index (χ3v) is 5.89. The van der Waals surface area contributed by atoms with Crippen molar-refractivity contribution < 1.29 is 4.79 Å². The van der Waals surface area contributed by atoms with Gasteiger partial charge in [-0.3, -0.25) is 19.1 Å². The SMILES string of the molecule is CCN1CCc2nc(-c3ccccc3)n(CC(=O)Nc3ccc(C)cc3Cl)c(=O)c2C1. The van der Waals surface area contributed by atoms with Crippen molar-refractivity contribution in [3.63, 3.8) is 0 Å². The van der Waals surface area contributed by atoms with Crippen molar-refractivity contribution in [2.45, 2.75) is 33.4 Å². The first kappa shape index (κ1) is 21.3. The van der Waals surface area contributed by atoms with Crippen LogP contribution >= 0.6 is 11.6 Å². The first-order valence-electron chi connectivity index (χ1n) is 10.4. The Kier molecular flexibility index (Phi) is 6.20. The first-order valence-corrected chi connectivity index (χ1v) is 10.8. The standard InChI is InChI=1S/C24H25ClN4O2/c1-3-28-12-11-20-18(14-28)24(31)29(23(27-20)17-7-5-4-6-8-17)15-22(30)26-21-10-9-16(2)13-19(21)25/h4-10,13H,3,11-12,14-15H2,1-2H3,(H,26,30). The maximum absolute atomic E-state index is 13.5. The van der Waals surface area contributed by atoms with E-state index in [9.17, 15) is 9.59 Å². The minimum absolute atomic E-state index is 0.139. The third kappa shape index (κ3) is 4.55. The molecule has 6 nitrogen and oxygen atoms in total. The van der Waals surface area contributed by atoms with Crippen LogP contribution in [0.25, 0.3) is 11.4 Å². The molecule has 0 radical (unpaired) electrons. The number of halogens is 1. The number of anilines is 1. The van der Waals surface area contributed by atoms with Crippen LogP contribution in [0, 0.1) is 6.92 Å². The fourth-order valence-electron chi connectivity index (χ4n) is 3.85. The molecule has 1 N–H and O–H groups in total. The maximum atomic E-state index is 13.5. The van der Waals surface area contributed by atoms with E-state index in [-0.39, 0.29) is 18.0 Å². The number of likely N-dealkylation sites (N-methyl/N-ethyl adjacent to an activating group) is 1. The normalized spacial score (nSPS) is 13.6. The Labute approximate surface area is 186 Å². The molecule has 1 aliphatic rings. The van der Waals surface area contributed by atoms with Gasteiger partial charge in [-0.2, -0.15) is 0 Å². The molecular weight excluding hydrogens is 412 g/mol. The average Bonchev–Trinajstić information content (AvgIpc) is 2.78. The Morgan fingerprint density at radius 2 is 1.97 bits per heavy atom.